The van der Waals surface area contributed by atoms with Crippen LogP contribution in [0.2, 0.25) is 0 Å². The van der Waals surface area contributed by atoms with E-state index in [0.29, 0.717) is 11.0 Å². The molecular weight excluding hydrogens is 290 g/mol. The molecule has 1 spiro atoms. The van der Waals surface area contributed by atoms with Crippen molar-refractivity contribution < 1.29 is 14.6 Å². The molecule has 4 heteroatoms. The van der Waals surface area contributed by atoms with E-state index in [1.54, 1.807) is 0 Å². The van der Waals surface area contributed by atoms with Crippen molar-refractivity contribution in [2.45, 2.75) is 58.2 Å². The molecule has 0 unspecified atom stereocenters. The Morgan fingerprint density at radius 3 is 2.26 bits per heavy atom. The molecule has 1 saturated heterocycles. The van der Waals surface area contributed by atoms with E-state index in [9.17, 15) is 9.90 Å². The summed E-state index contributed by atoms with van der Waals surface area (Å²) in [5.41, 5.74) is 1.70. The molecule has 1 N–H and O–H groups in total. The molecule has 0 amide bonds. The Labute approximate surface area is 138 Å². The first-order valence-electron chi connectivity index (χ1n) is 8.53. The van der Waals surface area contributed by atoms with Crippen LogP contribution in [0.5, 0.6) is 0 Å². The van der Waals surface area contributed by atoms with Crippen LogP contribution in [0.15, 0.2) is 24.3 Å². The summed E-state index contributed by atoms with van der Waals surface area (Å²) in [5.74, 6) is -0.273. The van der Waals surface area contributed by atoms with Gasteiger partial charge in [-0.15, -0.1) is 0 Å². The van der Waals surface area contributed by atoms with E-state index in [2.05, 4.69) is 4.90 Å². The summed E-state index contributed by atoms with van der Waals surface area (Å²) in [4.78, 5) is 14.4. The predicted octanol–water partition coefficient (Wildman–Crippen LogP) is 3.38. The van der Waals surface area contributed by atoms with Gasteiger partial charge in [-0.25, -0.2) is 4.79 Å². The van der Waals surface area contributed by atoms with Crippen molar-refractivity contribution in [3.05, 3.63) is 29.8 Å². The van der Waals surface area contributed by atoms with Gasteiger partial charge in [-0.2, -0.15) is 0 Å². The van der Waals surface area contributed by atoms with Gasteiger partial charge in [0.2, 0.25) is 0 Å². The van der Waals surface area contributed by atoms with E-state index >= 15 is 0 Å². The van der Waals surface area contributed by atoms with Gasteiger partial charge in [0.25, 0.3) is 0 Å². The molecule has 1 aliphatic heterocycles. The van der Waals surface area contributed by atoms with Crippen LogP contribution in [-0.4, -0.2) is 35.9 Å². The molecule has 1 aliphatic carbocycles. The number of hydrogen-bond donors (Lipinski definition) is 1. The second-order valence-corrected chi connectivity index (χ2v) is 8.14. The average molecular weight is 317 g/mol. The molecule has 0 bridgehead atoms. The van der Waals surface area contributed by atoms with Crippen LogP contribution in [0.1, 0.15) is 56.8 Å². The average Bonchev–Trinajstić information content (AvgIpc) is 2.44. The maximum absolute atomic E-state index is 12.0. The minimum Gasteiger partial charge on any atom is -0.456 e. The maximum atomic E-state index is 12.0. The van der Waals surface area contributed by atoms with E-state index in [1.165, 1.54) is 0 Å². The van der Waals surface area contributed by atoms with E-state index in [-0.39, 0.29) is 12.1 Å². The quantitative estimate of drug-likeness (QED) is 0.850. The number of nitrogens with zero attached hydrogens (tertiary/aromatic N) is 1. The monoisotopic (exact) mass is 317 g/mol. The number of aliphatic hydroxyl groups is 1. The topological polar surface area (TPSA) is 49.8 Å². The summed E-state index contributed by atoms with van der Waals surface area (Å²) >= 11 is 0. The molecule has 1 aromatic carbocycles. The zero-order valence-corrected chi connectivity index (χ0v) is 14.3. The fraction of sp³-hybridized carbons (Fsp3) is 0.632. The number of esters is 1. The summed E-state index contributed by atoms with van der Waals surface area (Å²) in [5, 5.41) is 9.65. The Balaban J connectivity index is 1.58. The lowest BCUT2D eigenvalue weighted by atomic mass is 9.68. The Morgan fingerprint density at radius 2 is 1.74 bits per heavy atom. The van der Waals surface area contributed by atoms with Crippen LogP contribution in [0.3, 0.4) is 0 Å². The molecule has 2 aliphatic rings. The van der Waals surface area contributed by atoms with Gasteiger partial charge in [0.05, 0.1) is 11.7 Å². The molecule has 23 heavy (non-hydrogen) atoms. The number of anilines is 1. The van der Waals surface area contributed by atoms with Crippen LogP contribution in [0.4, 0.5) is 5.69 Å². The molecule has 1 heterocycles. The highest BCUT2D eigenvalue weighted by Crippen LogP contribution is 2.45. The molecule has 126 valence electrons. The van der Waals surface area contributed by atoms with Crippen LogP contribution >= 0.6 is 0 Å². The lowest BCUT2D eigenvalue weighted by Gasteiger charge is -2.54. The van der Waals surface area contributed by atoms with Crippen molar-refractivity contribution in [2.24, 2.45) is 5.41 Å². The molecule has 0 atom stereocenters. The minimum atomic E-state index is -0.467. The second kappa shape index (κ2) is 5.82. The standard InChI is InChI=1S/C19H27NO3/c1-18(2,3)23-17(22)14-4-6-15(7-5-14)20-12-19(13-20)10-8-16(21)9-11-19/h4-7,16,21H,8-13H2,1-3H3. The van der Waals surface area contributed by atoms with E-state index < -0.39 is 5.60 Å². The fourth-order valence-corrected chi connectivity index (χ4v) is 3.62. The molecule has 3 rings (SSSR count). The first kappa shape index (κ1) is 16.3. The van der Waals surface area contributed by atoms with Gasteiger partial charge in [-0.05, 0) is 70.7 Å². The van der Waals surface area contributed by atoms with Crippen molar-refractivity contribution >= 4 is 11.7 Å². The van der Waals surface area contributed by atoms with Gasteiger partial charge >= 0.3 is 5.97 Å². The fourth-order valence-electron chi connectivity index (χ4n) is 3.62. The zero-order valence-electron chi connectivity index (χ0n) is 14.3. The van der Waals surface area contributed by atoms with Gasteiger partial charge in [-0.3, -0.25) is 0 Å². The number of aliphatic hydroxyl groups excluding tert-OH is 1. The van der Waals surface area contributed by atoms with Crippen LogP contribution < -0.4 is 4.90 Å². The van der Waals surface area contributed by atoms with Crippen molar-refractivity contribution in [2.75, 3.05) is 18.0 Å². The Morgan fingerprint density at radius 1 is 1.17 bits per heavy atom. The molecule has 0 radical (unpaired) electrons. The van der Waals surface area contributed by atoms with Crippen LogP contribution in [0, 0.1) is 5.41 Å². The van der Waals surface area contributed by atoms with E-state index in [4.69, 9.17) is 4.74 Å². The lowest BCUT2D eigenvalue weighted by Crippen LogP contribution is -2.58. The molecule has 4 nitrogen and oxygen atoms in total. The van der Waals surface area contributed by atoms with Gasteiger partial charge in [0.1, 0.15) is 5.60 Å². The highest BCUT2D eigenvalue weighted by atomic mass is 16.6. The van der Waals surface area contributed by atoms with Gasteiger partial charge in [0.15, 0.2) is 0 Å². The van der Waals surface area contributed by atoms with Crippen molar-refractivity contribution in [3.8, 4) is 0 Å². The molecule has 2 fully saturated rings. The summed E-state index contributed by atoms with van der Waals surface area (Å²) in [7, 11) is 0. The van der Waals surface area contributed by atoms with Crippen LogP contribution in [0.25, 0.3) is 0 Å². The summed E-state index contributed by atoms with van der Waals surface area (Å²) in [6.45, 7) is 7.75. The number of hydrogen-bond acceptors (Lipinski definition) is 4. The van der Waals surface area contributed by atoms with Gasteiger partial charge in [0, 0.05) is 24.2 Å². The van der Waals surface area contributed by atoms with Crippen molar-refractivity contribution in [3.63, 3.8) is 0 Å². The zero-order chi connectivity index (χ0) is 16.7. The predicted molar refractivity (Wildman–Crippen MR) is 90.7 cm³/mol. The number of rotatable bonds is 2. The summed E-state index contributed by atoms with van der Waals surface area (Å²) < 4.78 is 5.39. The van der Waals surface area contributed by atoms with E-state index in [0.717, 1.165) is 44.5 Å². The number of carbonyl (C=O) groups is 1. The SMILES string of the molecule is CC(C)(C)OC(=O)c1ccc(N2CC3(CCC(O)CC3)C2)cc1. The van der Waals surface area contributed by atoms with Crippen molar-refractivity contribution in [1.82, 2.24) is 0 Å². The molecule has 1 aromatic rings. The molecule has 1 saturated carbocycles. The normalized spacial score (nSPS) is 21.1. The Kier molecular flexibility index (Phi) is 4.13. The second-order valence-electron chi connectivity index (χ2n) is 8.14. The molecule has 0 aromatic heterocycles. The van der Waals surface area contributed by atoms with Crippen molar-refractivity contribution in [1.29, 1.82) is 0 Å². The first-order chi connectivity index (χ1) is 10.8. The Bertz CT molecular complexity index is 557. The number of ether oxygens (including phenoxy) is 1. The maximum Gasteiger partial charge on any atom is 0.338 e. The Hall–Kier alpha value is -1.55. The minimum absolute atomic E-state index is 0.0946. The third-order valence-corrected chi connectivity index (χ3v) is 4.94. The highest BCUT2D eigenvalue weighted by Gasteiger charge is 2.44. The van der Waals surface area contributed by atoms with Gasteiger partial charge in [-0.1, -0.05) is 0 Å². The summed E-state index contributed by atoms with van der Waals surface area (Å²) in [6.07, 6.45) is 4.03. The van der Waals surface area contributed by atoms with Gasteiger partial charge < -0.3 is 14.7 Å². The first-order valence-corrected chi connectivity index (χ1v) is 8.53. The highest BCUT2D eigenvalue weighted by molar-refractivity contribution is 5.90. The van der Waals surface area contributed by atoms with Crippen LogP contribution in [-0.2, 0) is 4.74 Å². The third-order valence-electron chi connectivity index (χ3n) is 4.94. The number of carbonyl (C=O) groups excluding carboxylic acids is 1. The molecular formula is C19H27NO3. The summed E-state index contributed by atoms with van der Waals surface area (Å²) in [6, 6.07) is 7.70. The largest absolute Gasteiger partial charge is 0.456 e. The number of benzene rings is 1. The smallest absolute Gasteiger partial charge is 0.338 e. The lowest BCUT2D eigenvalue weighted by molar-refractivity contribution is 0.00695. The third kappa shape index (κ3) is 3.69. The van der Waals surface area contributed by atoms with E-state index in [1.807, 2.05) is 45.0 Å².